The minimum atomic E-state index is -0.984. The molecule has 3 aromatic rings. The van der Waals surface area contributed by atoms with Gasteiger partial charge in [-0.05, 0) is 24.3 Å². The minimum Gasteiger partial charge on any atom is -0.506 e. The number of rotatable bonds is 5. The molecule has 0 fully saturated rings. The first-order valence-electron chi connectivity index (χ1n) is 7.62. The SMILES string of the molecule is O=C(O)CSc1cc(NC(=O)c2cccc(Br)c2)c2ccccc2c1O. The number of aliphatic carboxylic acids is 1. The molecule has 132 valence electrons. The van der Waals surface area contributed by atoms with Crippen molar-refractivity contribution in [1.29, 1.82) is 0 Å². The van der Waals surface area contributed by atoms with Crippen LogP contribution in [0, 0.1) is 0 Å². The summed E-state index contributed by atoms with van der Waals surface area (Å²) < 4.78 is 0.790. The number of amides is 1. The van der Waals surface area contributed by atoms with Crippen molar-refractivity contribution in [1.82, 2.24) is 0 Å². The number of aromatic hydroxyl groups is 1. The zero-order chi connectivity index (χ0) is 18.7. The summed E-state index contributed by atoms with van der Waals surface area (Å²) in [5.41, 5.74) is 0.993. The first kappa shape index (κ1) is 18.3. The Morgan fingerprint density at radius 2 is 1.77 bits per heavy atom. The summed E-state index contributed by atoms with van der Waals surface area (Å²) in [6.45, 7) is 0. The highest BCUT2D eigenvalue weighted by molar-refractivity contribution is 9.10. The van der Waals surface area contributed by atoms with E-state index in [2.05, 4.69) is 21.2 Å². The number of benzene rings is 3. The van der Waals surface area contributed by atoms with Crippen molar-refractivity contribution in [2.24, 2.45) is 0 Å². The summed E-state index contributed by atoms with van der Waals surface area (Å²) in [7, 11) is 0. The molecule has 0 aromatic heterocycles. The number of carbonyl (C=O) groups excluding carboxylic acids is 1. The van der Waals surface area contributed by atoms with E-state index < -0.39 is 5.97 Å². The molecule has 0 heterocycles. The largest absolute Gasteiger partial charge is 0.506 e. The van der Waals surface area contributed by atoms with Crippen molar-refractivity contribution in [2.45, 2.75) is 4.90 Å². The summed E-state index contributed by atoms with van der Waals surface area (Å²) in [6.07, 6.45) is 0. The Hall–Kier alpha value is -2.51. The predicted molar refractivity (Wildman–Crippen MR) is 106 cm³/mol. The Morgan fingerprint density at radius 1 is 1.04 bits per heavy atom. The van der Waals surface area contributed by atoms with Gasteiger partial charge in [0.05, 0.1) is 16.3 Å². The van der Waals surface area contributed by atoms with Crippen molar-refractivity contribution < 1.29 is 19.8 Å². The van der Waals surface area contributed by atoms with E-state index in [1.807, 2.05) is 6.07 Å². The maximum atomic E-state index is 12.6. The van der Waals surface area contributed by atoms with E-state index in [0.717, 1.165) is 16.2 Å². The molecule has 0 aliphatic heterocycles. The van der Waals surface area contributed by atoms with Crippen molar-refractivity contribution in [2.75, 3.05) is 11.1 Å². The van der Waals surface area contributed by atoms with E-state index >= 15 is 0 Å². The lowest BCUT2D eigenvalue weighted by atomic mass is 10.1. The van der Waals surface area contributed by atoms with Crippen LogP contribution in [0.5, 0.6) is 5.75 Å². The average molecular weight is 432 g/mol. The van der Waals surface area contributed by atoms with Crippen LogP contribution >= 0.6 is 27.7 Å². The number of phenols is 1. The number of phenolic OH excluding ortho intramolecular Hbond substituents is 1. The molecule has 7 heteroatoms. The van der Waals surface area contributed by atoms with Gasteiger partial charge in [0.2, 0.25) is 0 Å². The Morgan fingerprint density at radius 3 is 2.46 bits per heavy atom. The number of hydrogen-bond donors (Lipinski definition) is 3. The van der Waals surface area contributed by atoms with Crippen molar-refractivity contribution >= 4 is 56.0 Å². The molecule has 0 radical (unpaired) electrons. The van der Waals surface area contributed by atoms with Gasteiger partial charge in [0.25, 0.3) is 5.91 Å². The number of hydrogen-bond acceptors (Lipinski definition) is 4. The number of nitrogens with one attached hydrogen (secondary N) is 1. The van der Waals surface area contributed by atoms with E-state index in [0.29, 0.717) is 26.9 Å². The van der Waals surface area contributed by atoms with E-state index in [-0.39, 0.29) is 17.4 Å². The fraction of sp³-hybridized carbons (Fsp3) is 0.0526. The van der Waals surface area contributed by atoms with Gasteiger partial charge in [-0.15, -0.1) is 11.8 Å². The van der Waals surface area contributed by atoms with Gasteiger partial charge >= 0.3 is 5.97 Å². The Labute approximate surface area is 162 Å². The summed E-state index contributed by atoms with van der Waals surface area (Å²) in [5, 5.41) is 23.4. The zero-order valence-corrected chi connectivity index (χ0v) is 15.8. The molecule has 0 unspecified atom stereocenters. The minimum absolute atomic E-state index is 0.00676. The van der Waals surface area contributed by atoms with Crippen LogP contribution in [0.15, 0.2) is 64.0 Å². The van der Waals surface area contributed by atoms with Crippen LogP contribution in [-0.4, -0.2) is 27.8 Å². The van der Waals surface area contributed by atoms with Gasteiger partial charge in [-0.1, -0.05) is 46.3 Å². The number of anilines is 1. The van der Waals surface area contributed by atoms with Gasteiger partial charge in [0, 0.05) is 20.8 Å². The third-order valence-corrected chi connectivity index (χ3v) is 5.17. The molecular weight excluding hydrogens is 418 g/mol. The lowest BCUT2D eigenvalue weighted by Gasteiger charge is -2.13. The van der Waals surface area contributed by atoms with Crippen LogP contribution in [0.1, 0.15) is 10.4 Å². The molecule has 26 heavy (non-hydrogen) atoms. The van der Waals surface area contributed by atoms with Crippen LogP contribution < -0.4 is 5.32 Å². The van der Waals surface area contributed by atoms with E-state index in [1.165, 1.54) is 0 Å². The third kappa shape index (κ3) is 4.00. The fourth-order valence-electron chi connectivity index (χ4n) is 2.51. The molecule has 0 saturated heterocycles. The second-order valence-corrected chi connectivity index (χ2v) is 7.40. The molecule has 0 saturated carbocycles. The molecule has 0 aliphatic rings. The van der Waals surface area contributed by atoms with Crippen LogP contribution in [0.25, 0.3) is 10.8 Å². The lowest BCUT2D eigenvalue weighted by Crippen LogP contribution is -2.12. The zero-order valence-electron chi connectivity index (χ0n) is 13.4. The van der Waals surface area contributed by atoms with Crippen molar-refractivity contribution in [3.63, 3.8) is 0 Å². The number of carboxylic acids is 1. The van der Waals surface area contributed by atoms with Crippen molar-refractivity contribution in [3.8, 4) is 5.75 Å². The number of fused-ring (bicyclic) bond motifs is 1. The smallest absolute Gasteiger partial charge is 0.313 e. The third-order valence-electron chi connectivity index (χ3n) is 3.67. The Kier molecular flexibility index (Phi) is 5.49. The summed E-state index contributed by atoms with van der Waals surface area (Å²) in [6, 6.07) is 15.7. The van der Waals surface area contributed by atoms with Gasteiger partial charge in [-0.2, -0.15) is 0 Å². The topological polar surface area (TPSA) is 86.6 Å². The van der Waals surface area contributed by atoms with Crippen LogP contribution in [0.3, 0.4) is 0 Å². The maximum absolute atomic E-state index is 12.6. The van der Waals surface area contributed by atoms with Gasteiger partial charge < -0.3 is 15.5 Å². The summed E-state index contributed by atoms with van der Waals surface area (Å²) >= 11 is 4.34. The summed E-state index contributed by atoms with van der Waals surface area (Å²) in [4.78, 5) is 23.8. The maximum Gasteiger partial charge on any atom is 0.313 e. The Bertz CT molecular complexity index is 1010. The standard InChI is InChI=1S/C19H14BrNO4S/c20-12-5-3-4-11(8-12)19(25)21-15-9-16(26-10-17(22)23)18(24)14-7-2-1-6-13(14)15/h1-9,24H,10H2,(H,21,25)(H,22,23). The molecule has 0 spiro atoms. The van der Waals surface area contributed by atoms with Crippen molar-refractivity contribution in [3.05, 3.63) is 64.6 Å². The monoisotopic (exact) mass is 431 g/mol. The second-order valence-electron chi connectivity index (χ2n) is 5.46. The van der Waals surface area contributed by atoms with Gasteiger partial charge in [-0.25, -0.2) is 0 Å². The predicted octanol–water partition coefficient (Wildman–Crippen LogP) is 4.74. The number of carboxylic acid groups (broad SMARTS) is 1. The molecule has 3 rings (SSSR count). The molecule has 0 aliphatic carbocycles. The van der Waals surface area contributed by atoms with E-state index in [1.54, 1.807) is 48.5 Å². The fourth-order valence-corrected chi connectivity index (χ4v) is 3.64. The molecular formula is C19H14BrNO4S. The quantitative estimate of drug-likeness (QED) is 0.401. The second kappa shape index (κ2) is 7.80. The lowest BCUT2D eigenvalue weighted by molar-refractivity contribution is -0.133. The van der Waals surface area contributed by atoms with E-state index in [4.69, 9.17) is 5.11 Å². The van der Waals surface area contributed by atoms with Crippen LogP contribution in [0.2, 0.25) is 0 Å². The highest BCUT2D eigenvalue weighted by atomic mass is 79.9. The highest BCUT2D eigenvalue weighted by Crippen LogP contribution is 2.39. The molecule has 0 atom stereocenters. The normalized spacial score (nSPS) is 10.7. The van der Waals surface area contributed by atoms with E-state index in [9.17, 15) is 14.7 Å². The Balaban J connectivity index is 2.02. The van der Waals surface area contributed by atoms with Crippen LogP contribution in [0.4, 0.5) is 5.69 Å². The molecule has 3 N–H and O–H groups in total. The van der Waals surface area contributed by atoms with Gasteiger partial charge in [0.15, 0.2) is 0 Å². The molecule has 3 aromatic carbocycles. The highest BCUT2D eigenvalue weighted by Gasteiger charge is 2.15. The first-order valence-corrected chi connectivity index (χ1v) is 9.40. The molecule has 1 amide bonds. The number of thioether (sulfide) groups is 1. The number of halogens is 1. The molecule has 5 nitrogen and oxygen atoms in total. The molecule has 0 bridgehead atoms. The average Bonchev–Trinajstić information content (AvgIpc) is 2.63. The first-order chi connectivity index (χ1) is 12.5. The number of carbonyl (C=O) groups is 2. The summed E-state index contributed by atoms with van der Waals surface area (Å²) in [5.74, 6) is -1.46. The van der Waals surface area contributed by atoms with Crippen LogP contribution in [-0.2, 0) is 4.79 Å². The van der Waals surface area contributed by atoms with Gasteiger partial charge in [0.1, 0.15) is 5.75 Å². The van der Waals surface area contributed by atoms with Gasteiger partial charge in [-0.3, -0.25) is 9.59 Å².